The van der Waals surface area contributed by atoms with Crippen LogP contribution in [-0.4, -0.2) is 47.0 Å². The number of urea groups is 1. The summed E-state index contributed by atoms with van der Waals surface area (Å²) in [5, 5.41) is 9.80. The molecule has 5 atom stereocenters. The number of pyridine rings is 1. The molecule has 2 saturated heterocycles. The second-order valence-electron chi connectivity index (χ2n) is 10.1. The molecule has 1 aromatic heterocycles. The van der Waals surface area contributed by atoms with Crippen LogP contribution in [0.4, 0.5) is 10.5 Å². The minimum atomic E-state index is -0.235. The Morgan fingerprint density at radius 1 is 1.16 bits per heavy atom. The molecule has 4 heterocycles. The largest absolute Gasteiger partial charge is 0.439 e. The first-order valence-corrected chi connectivity index (χ1v) is 13.9. The fourth-order valence-corrected chi connectivity index (χ4v) is 7.33. The fraction of sp³-hybridized carbons (Fsp3) is 0.444. The standard InChI is InChI=1S/C27H32N6O3S/c1-15-19(11-12-21(30-15)36-16-7-3-2-4-8-16)33-20-13-14-29-26-22(20)23(32-27(33)35)24(37-26)25(34)31-18-10-6-5-9-17(18)28/h2-4,7-8,11-12,17-18,20,22,26,29H,5-6,9-10,13-14,28H2,1H3,(H,31,34)(H,32,35)/t17-,18-,20?,22?,26?/m1/s1. The van der Waals surface area contributed by atoms with Crippen molar-refractivity contribution >= 4 is 29.4 Å². The van der Waals surface area contributed by atoms with Crippen LogP contribution in [-0.2, 0) is 4.79 Å². The van der Waals surface area contributed by atoms with Crippen LogP contribution in [0.3, 0.4) is 0 Å². The van der Waals surface area contributed by atoms with E-state index in [9.17, 15) is 9.59 Å². The minimum Gasteiger partial charge on any atom is -0.439 e. The van der Waals surface area contributed by atoms with E-state index in [1.165, 1.54) is 11.8 Å². The van der Waals surface area contributed by atoms with Crippen LogP contribution in [0.15, 0.2) is 53.1 Å². The summed E-state index contributed by atoms with van der Waals surface area (Å²) in [4.78, 5) is 33.9. The zero-order chi connectivity index (χ0) is 25.5. The molecule has 0 radical (unpaired) electrons. The third kappa shape index (κ3) is 4.58. The first-order valence-electron chi connectivity index (χ1n) is 13.0. The van der Waals surface area contributed by atoms with Gasteiger partial charge in [-0.1, -0.05) is 42.8 Å². The summed E-state index contributed by atoms with van der Waals surface area (Å²) in [5.74, 6) is 1.03. The number of ether oxygens (including phenoxy) is 1. The van der Waals surface area contributed by atoms with E-state index in [1.807, 2.05) is 48.2 Å². The Kier molecular flexibility index (Phi) is 6.56. The van der Waals surface area contributed by atoms with Crippen LogP contribution in [0.1, 0.15) is 37.8 Å². The smallest absolute Gasteiger partial charge is 0.326 e. The van der Waals surface area contributed by atoms with Gasteiger partial charge in [0.1, 0.15) is 5.75 Å². The van der Waals surface area contributed by atoms with Crippen molar-refractivity contribution in [2.75, 3.05) is 11.4 Å². The fourth-order valence-electron chi connectivity index (χ4n) is 5.93. The summed E-state index contributed by atoms with van der Waals surface area (Å²) in [5.41, 5.74) is 8.46. The number of para-hydroxylation sites is 1. The van der Waals surface area contributed by atoms with Gasteiger partial charge in [-0.3, -0.25) is 9.69 Å². The van der Waals surface area contributed by atoms with Gasteiger partial charge in [0.25, 0.3) is 5.91 Å². The highest BCUT2D eigenvalue weighted by Gasteiger charge is 2.52. The Hall–Kier alpha value is -3.08. The Bertz CT molecular complexity index is 1240. The Morgan fingerprint density at radius 3 is 2.76 bits per heavy atom. The highest BCUT2D eigenvalue weighted by atomic mass is 32.2. The molecule has 3 amide bonds. The van der Waals surface area contributed by atoms with E-state index in [1.54, 1.807) is 6.07 Å². The number of aryl methyl sites for hydroxylation is 1. The second kappa shape index (κ2) is 10.00. The van der Waals surface area contributed by atoms with Gasteiger partial charge >= 0.3 is 6.03 Å². The maximum Gasteiger partial charge on any atom is 0.326 e. The number of hydrogen-bond acceptors (Lipinski definition) is 7. The minimum absolute atomic E-state index is 0.0168. The highest BCUT2D eigenvalue weighted by molar-refractivity contribution is 8.04. The summed E-state index contributed by atoms with van der Waals surface area (Å²) < 4.78 is 5.89. The average molecular weight is 521 g/mol. The van der Waals surface area contributed by atoms with Gasteiger partial charge in [-0.05, 0) is 50.9 Å². The predicted octanol–water partition coefficient (Wildman–Crippen LogP) is 3.36. The van der Waals surface area contributed by atoms with Gasteiger partial charge < -0.3 is 26.4 Å². The number of thioether (sulfide) groups is 1. The summed E-state index contributed by atoms with van der Waals surface area (Å²) in [6, 6.07) is 12.8. The van der Waals surface area contributed by atoms with E-state index in [-0.39, 0.29) is 41.4 Å². The topological polar surface area (TPSA) is 122 Å². The lowest BCUT2D eigenvalue weighted by atomic mass is 9.86. The van der Waals surface area contributed by atoms with Crippen LogP contribution in [0.25, 0.3) is 0 Å². The number of benzene rings is 1. The monoisotopic (exact) mass is 520 g/mol. The highest BCUT2D eigenvalue weighted by Crippen LogP contribution is 2.48. The number of nitrogens with two attached hydrogens (primary N) is 1. The molecule has 10 heteroatoms. The molecule has 0 spiro atoms. The zero-order valence-corrected chi connectivity index (χ0v) is 21.6. The van der Waals surface area contributed by atoms with E-state index >= 15 is 0 Å². The molecule has 4 aliphatic rings. The molecule has 37 heavy (non-hydrogen) atoms. The Morgan fingerprint density at radius 2 is 1.97 bits per heavy atom. The van der Waals surface area contributed by atoms with Crippen LogP contribution < -0.4 is 31.3 Å². The van der Waals surface area contributed by atoms with E-state index in [2.05, 4.69) is 20.9 Å². The van der Waals surface area contributed by atoms with Gasteiger partial charge in [0.05, 0.1) is 27.7 Å². The van der Waals surface area contributed by atoms with Crippen molar-refractivity contribution in [1.29, 1.82) is 0 Å². The molecule has 1 aliphatic carbocycles. The van der Waals surface area contributed by atoms with Crippen LogP contribution >= 0.6 is 11.8 Å². The van der Waals surface area contributed by atoms with Gasteiger partial charge in [-0.2, -0.15) is 0 Å². The summed E-state index contributed by atoms with van der Waals surface area (Å²) in [6.07, 6.45) is 4.77. The quantitative estimate of drug-likeness (QED) is 0.477. The first-order chi connectivity index (χ1) is 18.0. The lowest BCUT2D eigenvalue weighted by molar-refractivity contribution is -0.117. The SMILES string of the molecule is Cc1nc(Oc2ccccc2)ccc1N1C(=O)NC2=C(C(=O)N[C@@H]3CCCC[C@H]3N)SC3NCCC1C23. The molecule has 3 fully saturated rings. The molecular weight excluding hydrogens is 488 g/mol. The van der Waals surface area contributed by atoms with E-state index in [4.69, 9.17) is 10.5 Å². The normalized spacial score (nSPS) is 29.0. The summed E-state index contributed by atoms with van der Waals surface area (Å²) >= 11 is 1.51. The van der Waals surface area contributed by atoms with E-state index in [0.29, 0.717) is 22.2 Å². The molecule has 0 bridgehead atoms. The maximum atomic E-state index is 13.5. The lowest BCUT2D eigenvalue weighted by Crippen LogP contribution is -2.62. The zero-order valence-electron chi connectivity index (χ0n) is 20.8. The number of carbonyl (C=O) groups excluding carboxylic acids is 2. The number of nitrogens with zero attached hydrogens (tertiary/aromatic N) is 2. The van der Waals surface area contributed by atoms with Crippen molar-refractivity contribution < 1.29 is 14.3 Å². The number of anilines is 1. The molecule has 3 unspecified atom stereocenters. The number of hydrogen-bond donors (Lipinski definition) is 4. The van der Waals surface area contributed by atoms with E-state index < -0.39 is 0 Å². The van der Waals surface area contributed by atoms with Crippen LogP contribution in [0, 0.1) is 12.8 Å². The second-order valence-corrected chi connectivity index (χ2v) is 11.3. The molecule has 1 saturated carbocycles. The van der Waals surface area contributed by atoms with Crippen molar-refractivity contribution in [2.24, 2.45) is 11.7 Å². The van der Waals surface area contributed by atoms with Gasteiger partial charge in [0.15, 0.2) is 0 Å². The van der Waals surface area contributed by atoms with Gasteiger partial charge in [0, 0.05) is 29.8 Å². The number of rotatable bonds is 5. The third-order valence-corrected chi connectivity index (χ3v) is 9.10. The molecular formula is C27H32N6O3S. The summed E-state index contributed by atoms with van der Waals surface area (Å²) in [7, 11) is 0. The Balaban J connectivity index is 1.25. The van der Waals surface area contributed by atoms with Crippen LogP contribution in [0.2, 0.25) is 0 Å². The number of amides is 3. The molecule has 6 rings (SSSR count). The van der Waals surface area contributed by atoms with Gasteiger partial charge in [-0.25, -0.2) is 9.78 Å². The molecule has 1 aromatic carbocycles. The van der Waals surface area contributed by atoms with Crippen molar-refractivity contribution in [3.05, 3.63) is 58.8 Å². The number of aromatic nitrogens is 1. The van der Waals surface area contributed by atoms with E-state index in [0.717, 1.165) is 50.0 Å². The molecule has 194 valence electrons. The Labute approximate surface area is 220 Å². The van der Waals surface area contributed by atoms with Crippen molar-refractivity contribution in [2.45, 2.75) is 62.5 Å². The van der Waals surface area contributed by atoms with Crippen molar-refractivity contribution in [3.8, 4) is 11.6 Å². The molecule has 5 N–H and O–H groups in total. The number of piperidine rings is 1. The summed E-state index contributed by atoms with van der Waals surface area (Å²) in [6.45, 7) is 2.65. The predicted molar refractivity (Wildman–Crippen MR) is 143 cm³/mol. The molecule has 3 aliphatic heterocycles. The molecule has 9 nitrogen and oxygen atoms in total. The van der Waals surface area contributed by atoms with Crippen molar-refractivity contribution in [1.82, 2.24) is 20.9 Å². The average Bonchev–Trinajstić information content (AvgIpc) is 3.26. The van der Waals surface area contributed by atoms with Gasteiger partial charge in [0.2, 0.25) is 5.88 Å². The van der Waals surface area contributed by atoms with Crippen LogP contribution in [0.5, 0.6) is 11.6 Å². The maximum absolute atomic E-state index is 13.5. The lowest BCUT2D eigenvalue weighted by Gasteiger charge is -2.46. The number of carbonyl (C=O) groups is 2. The van der Waals surface area contributed by atoms with Gasteiger partial charge in [-0.15, -0.1) is 0 Å². The number of nitrogens with one attached hydrogen (secondary N) is 3. The third-order valence-electron chi connectivity index (χ3n) is 7.74. The first kappa shape index (κ1) is 24.3. The van der Waals surface area contributed by atoms with Crippen molar-refractivity contribution in [3.63, 3.8) is 0 Å². The molecule has 2 aromatic rings.